The van der Waals surface area contributed by atoms with E-state index in [1.165, 1.54) is 44.2 Å². The minimum absolute atomic E-state index is 0.536. The number of benzene rings is 8. The van der Waals surface area contributed by atoms with Gasteiger partial charge in [-0.05, 0) is 73.1 Å². The molecule has 0 atom stereocenters. The van der Waals surface area contributed by atoms with Crippen LogP contribution in [0.2, 0.25) is 0 Å². The lowest BCUT2D eigenvalue weighted by atomic mass is 9.67. The average molecular weight is 649 g/mol. The van der Waals surface area contributed by atoms with Crippen molar-refractivity contribution in [2.75, 3.05) is 0 Å². The molecule has 0 unspecified atom stereocenters. The Bertz CT molecular complexity index is 2690. The molecular formula is C49H32N2. The molecule has 1 aliphatic rings. The van der Waals surface area contributed by atoms with Crippen molar-refractivity contribution in [3.63, 3.8) is 0 Å². The maximum Gasteiger partial charge on any atom is 0.161 e. The third kappa shape index (κ3) is 4.57. The van der Waals surface area contributed by atoms with Crippen molar-refractivity contribution in [1.82, 2.24) is 9.97 Å². The molecule has 1 aliphatic carbocycles. The summed E-state index contributed by atoms with van der Waals surface area (Å²) in [6, 6.07) is 69.7. The molecule has 0 fully saturated rings. The summed E-state index contributed by atoms with van der Waals surface area (Å²) in [5.74, 6) is 0.722. The highest BCUT2D eigenvalue weighted by molar-refractivity contribution is 6.08. The van der Waals surface area contributed by atoms with Gasteiger partial charge in [0.1, 0.15) is 0 Å². The Morgan fingerprint density at radius 3 is 1.65 bits per heavy atom. The van der Waals surface area contributed by atoms with Crippen LogP contribution in [0.15, 0.2) is 194 Å². The first-order valence-electron chi connectivity index (χ1n) is 17.5. The van der Waals surface area contributed by atoms with Crippen LogP contribution in [0.5, 0.6) is 0 Å². The molecule has 0 spiro atoms. The molecule has 0 aliphatic heterocycles. The highest BCUT2D eigenvalue weighted by Gasteiger charge is 2.47. The molecule has 1 aromatic heterocycles. The van der Waals surface area contributed by atoms with Crippen molar-refractivity contribution >= 4 is 21.5 Å². The van der Waals surface area contributed by atoms with E-state index in [4.69, 9.17) is 9.97 Å². The average Bonchev–Trinajstić information content (AvgIpc) is 3.51. The van der Waals surface area contributed by atoms with E-state index in [1.807, 2.05) is 0 Å². The summed E-state index contributed by atoms with van der Waals surface area (Å²) < 4.78 is 0. The first-order chi connectivity index (χ1) is 25.3. The summed E-state index contributed by atoms with van der Waals surface area (Å²) >= 11 is 0. The lowest BCUT2D eigenvalue weighted by Gasteiger charge is -2.34. The lowest BCUT2D eigenvalue weighted by Crippen LogP contribution is -2.28. The number of hydrogen-bond donors (Lipinski definition) is 0. The Morgan fingerprint density at radius 1 is 0.353 bits per heavy atom. The van der Waals surface area contributed by atoms with Gasteiger partial charge in [0.15, 0.2) is 5.82 Å². The zero-order valence-corrected chi connectivity index (χ0v) is 27.9. The zero-order valence-electron chi connectivity index (χ0n) is 27.9. The van der Waals surface area contributed by atoms with Gasteiger partial charge < -0.3 is 0 Å². The fourth-order valence-corrected chi connectivity index (χ4v) is 8.31. The van der Waals surface area contributed by atoms with Crippen LogP contribution in [0.25, 0.3) is 66.6 Å². The fourth-order valence-electron chi connectivity index (χ4n) is 8.31. The molecule has 8 aromatic carbocycles. The predicted molar refractivity (Wildman–Crippen MR) is 211 cm³/mol. The molecule has 51 heavy (non-hydrogen) atoms. The minimum atomic E-state index is -0.536. The Kier molecular flexibility index (Phi) is 6.75. The molecule has 10 rings (SSSR count). The molecule has 0 saturated heterocycles. The molecule has 2 heteroatoms. The maximum absolute atomic E-state index is 5.49. The van der Waals surface area contributed by atoms with Crippen LogP contribution in [0.1, 0.15) is 22.3 Å². The fraction of sp³-hybridized carbons (Fsp3) is 0.0204. The van der Waals surface area contributed by atoms with Crippen LogP contribution < -0.4 is 0 Å². The van der Waals surface area contributed by atoms with Gasteiger partial charge in [-0.25, -0.2) is 9.97 Å². The van der Waals surface area contributed by atoms with Gasteiger partial charge in [-0.3, -0.25) is 0 Å². The highest BCUT2D eigenvalue weighted by Crippen LogP contribution is 2.59. The SMILES string of the molecule is c1ccc(-c2cc(-c3ccc4ccccc4c3)nc(-c3c4c(cc5ccccc35)C(c3ccccc3)(c3ccccc3)c3ccccc3-4)n2)cc1. The largest absolute Gasteiger partial charge is 0.228 e. The first-order valence-corrected chi connectivity index (χ1v) is 17.5. The second-order valence-electron chi connectivity index (χ2n) is 13.3. The molecule has 0 amide bonds. The third-order valence-corrected chi connectivity index (χ3v) is 10.5. The van der Waals surface area contributed by atoms with E-state index in [9.17, 15) is 0 Å². The number of rotatable bonds is 5. The topological polar surface area (TPSA) is 25.8 Å². The molecule has 238 valence electrons. The summed E-state index contributed by atoms with van der Waals surface area (Å²) in [5.41, 5.74) is 11.8. The summed E-state index contributed by atoms with van der Waals surface area (Å²) in [5, 5.41) is 4.70. The van der Waals surface area contributed by atoms with Crippen LogP contribution >= 0.6 is 0 Å². The van der Waals surface area contributed by atoms with E-state index in [-0.39, 0.29) is 0 Å². The summed E-state index contributed by atoms with van der Waals surface area (Å²) in [6.07, 6.45) is 0. The molecule has 0 saturated carbocycles. The van der Waals surface area contributed by atoms with Gasteiger partial charge >= 0.3 is 0 Å². The molecule has 0 radical (unpaired) electrons. The van der Waals surface area contributed by atoms with E-state index in [0.29, 0.717) is 0 Å². The van der Waals surface area contributed by atoms with E-state index >= 15 is 0 Å². The second kappa shape index (κ2) is 11.8. The van der Waals surface area contributed by atoms with Crippen LogP contribution in [-0.4, -0.2) is 9.97 Å². The van der Waals surface area contributed by atoms with Crippen LogP contribution in [0, 0.1) is 0 Å². The lowest BCUT2D eigenvalue weighted by molar-refractivity contribution is 0.769. The second-order valence-corrected chi connectivity index (χ2v) is 13.3. The van der Waals surface area contributed by atoms with E-state index in [1.54, 1.807) is 0 Å². The molecule has 2 nitrogen and oxygen atoms in total. The van der Waals surface area contributed by atoms with Gasteiger partial charge in [0.05, 0.1) is 16.8 Å². The van der Waals surface area contributed by atoms with Gasteiger partial charge in [0.2, 0.25) is 0 Å². The van der Waals surface area contributed by atoms with Crippen molar-refractivity contribution in [2.24, 2.45) is 0 Å². The van der Waals surface area contributed by atoms with E-state index in [2.05, 4.69) is 194 Å². The number of fused-ring (bicyclic) bond motifs is 5. The Balaban J connectivity index is 1.35. The number of aromatic nitrogens is 2. The quantitative estimate of drug-likeness (QED) is 0.186. The maximum atomic E-state index is 5.49. The highest BCUT2D eigenvalue weighted by atomic mass is 14.9. The van der Waals surface area contributed by atoms with Crippen LogP contribution in [0.3, 0.4) is 0 Å². The van der Waals surface area contributed by atoms with Gasteiger partial charge in [-0.2, -0.15) is 0 Å². The number of nitrogens with zero attached hydrogens (tertiary/aromatic N) is 2. The first kappa shape index (κ1) is 29.3. The van der Waals surface area contributed by atoms with Gasteiger partial charge in [0.25, 0.3) is 0 Å². The monoisotopic (exact) mass is 648 g/mol. The van der Waals surface area contributed by atoms with Crippen LogP contribution in [0.4, 0.5) is 0 Å². The smallest absolute Gasteiger partial charge is 0.161 e. The van der Waals surface area contributed by atoms with Crippen molar-refractivity contribution in [3.05, 3.63) is 216 Å². The zero-order chi connectivity index (χ0) is 33.8. The van der Waals surface area contributed by atoms with Gasteiger partial charge in [-0.15, -0.1) is 0 Å². The number of hydrogen-bond acceptors (Lipinski definition) is 2. The predicted octanol–water partition coefficient (Wildman–Crippen LogP) is 12.1. The summed E-state index contributed by atoms with van der Waals surface area (Å²) in [7, 11) is 0. The minimum Gasteiger partial charge on any atom is -0.228 e. The van der Waals surface area contributed by atoms with Gasteiger partial charge in [-0.1, -0.05) is 176 Å². The third-order valence-electron chi connectivity index (χ3n) is 10.5. The Labute approximate surface area is 297 Å². The van der Waals surface area contributed by atoms with Crippen LogP contribution in [-0.2, 0) is 5.41 Å². The van der Waals surface area contributed by atoms with E-state index < -0.39 is 5.41 Å². The van der Waals surface area contributed by atoms with Crippen molar-refractivity contribution in [2.45, 2.75) is 5.41 Å². The molecule has 0 N–H and O–H groups in total. The molecule has 1 heterocycles. The van der Waals surface area contributed by atoms with Gasteiger partial charge in [0, 0.05) is 16.7 Å². The normalized spacial score (nSPS) is 12.9. The van der Waals surface area contributed by atoms with Crippen molar-refractivity contribution in [1.29, 1.82) is 0 Å². The molecule has 0 bridgehead atoms. The standard InChI is InChI=1S/C49H32N2/c1-4-17-34(18-5-1)44-32-45(37-29-28-33-16-10-11-19-35(33)30-37)51-48(50-44)47-40-25-13-12-20-36(40)31-43-46(47)41-26-14-15-27-42(41)49(43,38-21-6-2-7-22-38)39-23-8-3-9-24-39/h1-32H. The van der Waals surface area contributed by atoms with Crippen molar-refractivity contribution < 1.29 is 0 Å². The molecular weight excluding hydrogens is 617 g/mol. The molecule has 9 aromatic rings. The Morgan fingerprint density at radius 2 is 0.922 bits per heavy atom. The summed E-state index contributed by atoms with van der Waals surface area (Å²) in [6.45, 7) is 0. The van der Waals surface area contributed by atoms with Crippen molar-refractivity contribution in [3.8, 4) is 45.0 Å². The summed E-state index contributed by atoms with van der Waals surface area (Å²) in [4.78, 5) is 10.9. The van der Waals surface area contributed by atoms with E-state index in [0.717, 1.165) is 44.7 Å². The Hall–Kier alpha value is -6.64.